The lowest BCUT2D eigenvalue weighted by atomic mass is 10.3. The van der Waals surface area contributed by atoms with Crippen molar-refractivity contribution in [1.82, 2.24) is 9.38 Å². The number of hydrogen-bond donors (Lipinski definition) is 1. The van der Waals surface area contributed by atoms with Crippen molar-refractivity contribution in [3.8, 4) is 0 Å². The second kappa shape index (κ2) is 2.55. The third kappa shape index (κ3) is 1.05. The number of carbonyl (C=O) groups is 1. The highest BCUT2D eigenvalue weighted by molar-refractivity contribution is 5.97. The molecule has 2 aromatic heterocycles. The molecule has 66 valence electrons. The van der Waals surface area contributed by atoms with Crippen molar-refractivity contribution in [2.24, 2.45) is 5.73 Å². The Morgan fingerprint density at radius 3 is 3.08 bits per heavy atom. The molecule has 4 nitrogen and oxygen atoms in total. The van der Waals surface area contributed by atoms with Crippen LogP contribution in [-0.4, -0.2) is 15.3 Å². The first kappa shape index (κ1) is 7.72. The largest absolute Gasteiger partial charge is 0.364 e. The van der Waals surface area contributed by atoms with E-state index >= 15 is 0 Å². The van der Waals surface area contributed by atoms with Crippen molar-refractivity contribution >= 4 is 11.4 Å². The van der Waals surface area contributed by atoms with Gasteiger partial charge >= 0.3 is 0 Å². The minimum absolute atomic E-state index is 0.0434. The summed E-state index contributed by atoms with van der Waals surface area (Å²) in [6.45, 7) is 0. The maximum Gasteiger partial charge on any atom is 0.269 e. The summed E-state index contributed by atoms with van der Waals surface area (Å²) in [7, 11) is 0. The van der Waals surface area contributed by atoms with Crippen molar-refractivity contribution in [2.45, 2.75) is 0 Å². The van der Waals surface area contributed by atoms with Crippen LogP contribution < -0.4 is 5.73 Å². The number of nitrogens with zero attached hydrogens (tertiary/aromatic N) is 2. The van der Waals surface area contributed by atoms with Gasteiger partial charge in [-0.05, 0) is 12.1 Å². The number of halogens is 1. The monoisotopic (exact) mass is 179 g/mol. The van der Waals surface area contributed by atoms with E-state index in [9.17, 15) is 9.18 Å². The van der Waals surface area contributed by atoms with Crippen molar-refractivity contribution in [1.29, 1.82) is 0 Å². The van der Waals surface area contributed by atoms with Gasteiger partial charge < -0.3 is 10.1 Å². The van der Waals surface area contributed by atoms with Gasteiger partial charge in [-0.2, -0.15) is 0 Å². The molecule has 0 aliphatic carbocycles. The van der Waals surface area contributed by atoms with Gasteiger partial charge in [0.2, 0.25) is 0 Å². The molecule has 0 aliphatic rings. The number of nitrogens with two attached hydrogens (primary N) is 1. The molecule has 0 atom stereocenters. The highest BCUT2D eigenvalue weighted by Gasteiger charge is 2.12. The van der Waals surface area contributed by atoms with Gasteiger partial charge in [0.05, 0.1) is 0 Å². The number of imidazole rings is 1. The molecule has 0 aromatic carbocycles. The zero-order valence-electron chi connectivity index (χ0n) is 6.57. The van der Waals surface area contributed by atoms with E-state index in [1.54, 1.807) is 6.20 Å². The first-order valence-electron chi connectivity index (χ1n) is 3.61. The number of amides is 1. The van der Waals surface area contributed by atoms with Crippen LogP contribution in [0.2, 0.25) is 0 Å². The Labute approximate surface area is 72.8 Å². The molecule has 1 amide bonds. The molecule has 0 unspecified atom stereocenters. The van der Waals surface area contributed by atoms with Crippen LogP contribution in [0.5, 0.6) is 0 Å². The fourth-order valence-corrected chi connectivity index (χ4v) is 1.19. The van der Waals surface area contributed by atoms with Crippen molar-refractivity contribution in [3.63, 3.8) is 0 Å². The van der Waals surface area contributed by atoms with E-state index in [0.29, 0.717) is 0 Å². The van der Waals surface area contributed by atoms with Gasteiger partial charge in [-0.15, -0.1) is 0 Å². The number of pyridine rings is 1. The molecule has 0 spiro atoms. The van der Waals surface area contributed by atoms with E-state index in [1.807, 2.05) is 0 Å². The number of primary amides is 1. The lowest BCUT2D eigenvalue weighted by Gasteiger charge is -1.95. The Bertz CT molecular complexity index is 477. The van der Waals surface area contributed by atoms with E-state index < -0.39 is 11.7 Å². The van der Waals surface area contributed by atoms with Crippen molar-refractivity contribution in [3.05, 3.63) is 36.2 Å². The molecule has 2 N–H and O–H groups in total. The highest BCUT2D eigenvalue weighted by Crippen LogP contribution is 2.12. The minimum Gasteiger partial charge on any atom is -0.364 e. The molecule has 2 rings (SSSR count). The van der Waals surface area contributed by atoms with Gasteiger partial charge in [-0.3, -0.25) is 4.79 Å². The van der Waals surface area contributed by atoms with Crippen LogP contribution in [0.25, 0.3) is 5.52 Å². The van der Waals surface area contributed by atoms with Gasteiger partial charge in [0, 0.05) is 6.20 Å². The average Bonchev–Trinajstić information content (AvgIpc) is 2.49. The molecule has 0 saturated heterocycles. The topological polar surface area (TPSA) is 60.4 Å². The van der Waals surface area contributed by atoms with Crippen LogP contribution >= 0.6 is 0 Å². The predicted octanol–water partition coefficient (Wildman–Crippen LogP) is 0.572. The summed E-state index contributed by atoms with van der Waals surface area (Å²) in [5, 5.41) is 0. The van der Waals surface area contributed by atoms with Crippen LogP contribution in [-0.2, 0) is 0 Å². The van der Waals surface area contributed by atoms with Gasteiger partial charge in [0.25, 0.3) is 5.91 Å². The molecule has 2 aromatic rings. The Morgan fingerprint density at radius 1 is 1.62 bits per heavy atom. The zero-order valence-corrected chi connectivity index (χ0v) is 6.57. The summed E-state index contributed by atoms with van der Waals surface area (Å²) in [6.07, 6.45) is 2.94. The zero-order chi connectivity index (χ0) is 9.42. The maximum atomic E-state index is 13.2. The Morgan fingerprint density at radius 2 is 2.38 bits per heavy atom. The molecule has 0 saturated carbocycles. The summed E-state index contributed by atoms with van der Waals surface area (Å²) in [5.41, 5.74) is 5.09. The minimum atomic E-state index is -0.729. The van der Waals surface area contributed by atoms with Crippen LogP contribution in [0.1, 0.15) is 10.5 Å². The normalized spacial score (nSPS) is 10.5. The van der Waals surface area contributed by atoms with Gasteiger partial charge in [-0.1, -0.05) is 0 Å². The van der Waals surface area contributed by atoms with Crippen molar-refractivity contribution < 1.29 is 9.18 Å². The lowest BCUT2D eigenvalue weighted by Crippen LogP contribution is -2.12. The summed E-state index contributed by atoms with van der Waals surface area (Å²) in [4.78, 5) is 14.5. The molecule has 13 heavy (non-hydrogen) atoms. The number of rotatable bonds is 1. The summed E-state index contributed by atoms with van der Waals surface area (Å²) < 4.78 is 14.6. The smallest absolute Gasteiger partial charge is 0.269 e. The van der Waals surface area contributed by atoms with Gasteiger partial charge in [0.15, 0.2) is 5.69 Å². The summed E-state index contributed by atoms with van der Waals surface area (Å²) in [6, 6.07) is 2.78. The fraction of sp³-hybridized carbons (Fsp3) is 0. The van der Waals surface area contributed by atoms with E-state index in [1.165, 1.54) is 22.9 Å². The van der Waals surface area contributed by atoms with Gasteiger partial charge in [-0.25, -0.2) is 9.37 Å². The summed E-state index contributed by atoms with van der Waals surface area (Å²) in [5.74, 6) is -1.23. The number of fused-ring (bicyclic) bond motifs is 1. The molecule has 0 aliphatic heterocycles. The second-order valence-corrected chi connectivity index (χ2v) is 2.57. The average molecular weight is 179 g/mol. The Balaban J connectivity index is 2.86. The molecule has 2 heterocycles. The lowest BCUT2D eigenvalue weighted by molar-refractivity contribution is 0.0997. The number of carbonyl (C=O) groups excluding carboxylic acids is 1. The molecule has 0 bridgehead atoms. The standard InChI is InChI=1S/C8H6FN3O/c9-5-2-1-3-12-4-11-6(7(5)12)8(10)13/h1-4H,(H2,10,13). The molecular formula is C8H6FN3O. The van der Waals surface area contributed by atoms with E-state index in [2.05, 4.69) is 4.98 Å². The second-order valence-electron chi connectivity index (χ2n) is 2.57. The van der Waals surface area contributed by atoms with E-state index in [4.69, 9.17) is 5.73 Å². The van der Waals surface area contributed by atoms with E-state index in [-0.39, 0.29) is 11.2 Å². The quantitative estimate of drug-likeness (QED) is 0.695. The van der Waals surface area contributed by atoms with Crippen LogP contribution in [0, 0.1) is 5.82 Å². The molecule has 0 fully saturated rings. The fourth-order valence-electron chi connectivity index (χ4n) is 1.19. The first-order valence-corrected chi connectivity index (χ1v) is 3.61. The van der Waals surface area contributed by atoms with Crippen LogP contribution in [0.3, 0.4) is 0 Å². The summed E-state index contributed by atoms with van der Waals surface area (Å²) >= 11 is 0. The Hall–Kier alpha value is -1.91. The van der Waals surface area contributed by atoms with E-state index in [0.717, 1.165) is 0 Å². The molecule has 0 radical (unpaired) electrons. The van der Waals surface area contributed by atoms with Crippen molar-refractivity contribution in [2.75, 3.05) is 0 Å². The third-order valence-corrected chi connectivity index (χ3v) is 1.74. The van der Waals surface area contributed by atoms with Gasteiger partial charge in [0.1, 0.15) is 17.7 Å². The molecule has 5 heteroatoms. The number of hydrogen-bond acceptors (Lipinski definition) is 2. The van der Waals surface area contributed by atoms with Crippen LogP contribution in [0.4, 0.5) is 4.39 Å². The maximum absolute atomic E-state index is 13.2. The predicted molar refractivity (Wildman–Crippen MR) is 43.7 cm³/mol. The Kier molecular flexibility index (Phi) is 1.51. The number of aromatic nitrogens is 2. The highest BCUT2D eigenvalue weighted by atomic mass is 19.1. The molecular weight excluding hydrogens is 173 g/mol. The SMILES string of the molecule is NC(=O)c1ncn2cccc(F)c12. The van der Waals surface area contributed by atoms with Crippen LogP contribution in [0.15, 0.2) is 24.7 Å². The first-order chi connectivity index (χ1) is 6.20. The third-order valence-electron chi connectivity index (χ3n) is 1.74.